The van der Waals surface area contributed by atoms with E-state index in [9.17, 15) is 14.5 Å². The van der Waals surface area contributed by atoms with Crippen LogP contribution in [0.3, 0.4) is 0 Å². The number of aliphatic carboxylic acids is 1. The average Bonchev–Trinajstić information content (AvgIpc) is 2.17. The standard InChI is InChI=1S/C6H12NO7P/c1-12-15(11,13-2)7-4(6(9)10)3-5(8)14-15/h4,7,11H,3H2,1-2H3,(H,9,10)/t4-/m0/s1. The molecule has 0 aromatic carbocycles. The van der Waals surface area contributed by atoms with Crippen molar-refractivity contribution in [2.24, 2.45) is 0 Å². The van der Waals surface area contributed by atoms with Crippen molar-refractivity contribution in [3.63, 3.8) is 0 Å². The zero-order chi connectivity index (χ0) is 11.7. The van der Waals surface area contributed by atoms with Crippen LogP contribution < -0.4 is 5.09 Å². The third-order valence-corrected chi connectivity index (χ3v) is 4.50. The zero-order valence-electron chi connectivity index (χ0n) is 8.17. The summed E-state index contributed by atoms with van der Waals surface area (Å²) in [4.78, 5) is 31.7. The van der Waals surface area contributed by atoms with Crippen LogP contribution in [0.1, 0.15) is 6.42 Å². The van der Waals surface area contributed by atoms with Crippen LogP contribution in [-0.2, 0) is 23.2 Å². The van der Waals surface area contributed by atoms with Crippen molar-refractivity contribution >= 4 is 19.6 Å². The molecule has 15 heavy (non-hydrogen) atoms. The Bertz CT molecular complexity index is 302. The Hall–Kier alpha value is -0.790. The third kappa shape index (κ3) is 2.24. The van der Waals surface area contributed by atoms with Gasteiger partial charge in [0.05, 0.1) is 0 Å². The molecule has 0 aromatic rings. The molecule has 1 aliphatic heterocycles. The second-order valence-corrected chi connectivity index (χ2v) is 5.75. The molecule has 0 amide bonds. The molecule has 8 nitrogen and oxygen atoms in total. The average molecular weight is 241 g/mol. The number of carbonyl (C=O) groups is 2. The van der Waals surface area contributed by atoms with Crippen molar-refractivity contribution in [3.8, 4) is 0 Å². The predicted molar refractivity (Wildman–Crippen MR) is 48.4 cm³/mol. The van der Waals surface area contributed by atoms with E-state index in [-0.39, 0.29) is 0 Å². The van der Waals surface area contributed by atoms with E-state index in [1.54, 1.807) is 0 Å². The first-order valence-corrected chi connectivity index (χ1v) is 5.91. The van der Waals surface area contributed by atoms with Crippen molar-refractivity contribution in [1.29, 1.82) is 0 Å². The summed E-state index contributed by atoms with van der Waals surface area (Å²) in [6, 6.07) is -1.30. The van der Waals surface area contributed by atoms with Crippen LogP contribution in [0.2, 0.25) is 0 Å². The fourth-order valence-corrected chi connectivity index (χ4v) is 2.83. The van der Waals surface area contributed by atoms with Gasteiger partial charge in [0.1, 0.15) is 0 Å². The fourth-order valence-electron chi connectivity index (χ4n) is 1.11. The van der Waals surface area contributed by atoms with Crippen LogP contribution in [0.4, 0.5) is 0 Å². The van der Waals surface area contributed by atoms with Crippen molar-refractivity contribution in [2.45, 2.75) is 12.5 Å². The van der Waals surface area contributed by atoms with Crippen LogP contribution in [-0.4, -0.2) is 42.2 Å². The minimum atomic E-state index is -4.77. The Morgan fingerprint density at radius 1 is 1.60 bits per heavy atom. The minimum absolute atomic E-state index is 0.402. The van der Waals surface area contributed by atoms with Gasteiger partial charge in [-0.25, -0.2) is 0 Å². The predicted octanol–water partition coefficient (Wildman–Crippen LogP) is -0.611. The van der Waals surface area contributed by atoms with Gasteiger partial charge in [-0.2, -0.15) is 0 Å². The number of carboxylic acid groups (broad SMARTS) is 1. The second-order valence-electron chi connectivity index (χ2n) is 2.89. The summed E-state index contributed by atoms with van der Waals surface area (Å²) in [5.74, 6) is -2.20. The molecule has 1 aliphatic rings. The normalized spacial score (nSPS) is 31.0. The SMILES string of the molecule is COP1(O)(OC)N[C@H](C(=O)O)CC(=O)O1. The van der Waals surface area contributed by atoms with Gasteiger partial charge in [-0.1, -0.05) is 0 Å². The van der Waals surface area contributed by atoms with Crippen LogP contribution in [0.5, 0.6) is 0 Å². The van der Waals surface area contributed by atoms with E-state index >= 15 is 0 Å². The number of rotatable bonds is 3. The summed E-state index contributed by atoms with van der Waals surface area (Å²) in [6.07, 6.45) is -0.402. The molecule has 0 bridgehead atoms. The van der Waals surface area contributed by atoms with E-state index in [0.717, 1.165) is 14.2 Å². The molecule has 1 heterocycles. The summed E-state index contributed by atoms with van der Waals surface area (Å²) >= 11 is 0. The molecule has 1 atom stereocenters. The number of carboxylic acids is 1. The zero-order valence-corrected chi connectivity index (χ0v) is 9.06. The fraction of sp³-hybridized carbons (Fsp3) is 0.667. The molecule has 1 rings (SSSR count). The Kier molecular flexibility index (Phi) is 2.99. The molecular formula is C6H12NO7P. The van der Waals surface area contributed by atoms with E-state index in [0.29, 0.717) is 0 Å². The molecular weight excluding hydrogens is 229 g/mol. The van der Waals surface area contributed by atoms with Crippen LogP contribution in [0.25, 0.3) is 0 Å². The summed E-state index contributed by atoms with van der Waals surface area (Å²) in [5, 5.41) is 10.9. The van der Waals surface area contributed by atoms with E-state index in [2.05, 4.69) is 18.7 Å². The first-order valence-electron chi connectivity index (χ1n) is 3.96. The maximum atomic E-state index is 11.1. The van der Waals surface area contributed by atoms with Gasteiger partial charge in [0.2, 0.25) is 0 Å². The topological polar surface area (TPSA) is 114 Å². The third-order valence-electron chi connectivity index (χ3n) is 1.95. The Balaban J connectivity index is 3.01. The first-order chi connectivity index (χ1) is 6.82. The number of hydrogen-bond acceptors (Lipinski definition) is 7. The van der Waals surface area contributed by atoms with Gasteiger partial charge in [-0.05, 0) is 0 Å². The molecule has 0 unspecified atom stereocenters. The molecule has 9 heteroatoms. The molecule has 0 aromatic heterocycles. The van der Waals surface area contributed by atoms with Crippen LogP contribution >= 0.6 is 7.66 Å². The molecule has 1 saturated heterocycles. The molecule has 3 N–H and O–H groups in total. The van der Waals surface area contributed by atoms with Gasteiger partial charge in [-0.15, -0.1) is 0 Å². The quantitative estimate of drug-likeness (QED) is 0.560. The van der Waals surface area contributed by atoms with E-state index in [1.807, 2.05) is 0 Å². The Morgan fingerprint density at radius 2 is 2.13 bits per heavy atom. The first kappa shape index (κ1) is 12.3. The molecule has 88 valence electrons. The van der Waals surface area contributed by atoms with Crippen LogP contribution in [0, 0.1) is 0 Å². The Labute approximate surface area is 85.4 Å². The van der Waals surface area contributed by atoms with Gasteiger partial charge in [0.25, 0.3) is 0 Å². The Morgan fingerprint density at radius 3 is 2.53 bits per heavy atom. The molecule has 0 aliphatic carbocycles. The van der Waals surface area contributed by atoms with Crippen LogP contribution in [0.15, 0.2) is 0 Å². The maximum absolute atomic E-state index is 11.1. The molecule has 1 fully saturated rings. The van der Waals surface area contributed by atoms with Crippen molar-refractivity contribution in [3.05, 3.63) is 0 Å². The molecule has 0 radical (unpaired) electrons. The summed E-state index contributed by atoms with van der Waals surface area (Å²) in [5.41, 5.74) is 0. The van der Waals surface area contributed by atoms with Crippen molar-refractivity contribution in [1.82, 2.24) is 5.09 Å². The van der Waals surface area contributed by atoms with Crippen molar-refractivity contribution in [2.75, 3.05) is 14.2 Å². The van der Waals surface area contributed by atoms with Gasteiger partial charge in [0.15, 0.2) is 0 Å². The molecule has 0 saturated carbocycles. The molecule has 0 spiro atoms. The summed E-state index contributed by atoms with van der Waals surface area (Å²) < 4.78 is 13.8. The van der Waals surface area contributed by atoms with Gasteiger partial charge in [0, 0.05) is 0 Å². The number of hydrogen-bond donors (Lipinski definition) is 3. The van der Waals surface area contributed by atoms with E-state index < -0.39 is 32.1 Å². The summed E-state index contributed by atoms with van der Waals surface area (Å²) in [7, 11) is -2.68. The van der Waals surface area contributed by atoms with E-state index in [4.69, 9.17) is 5.11 Å². The summed E-state index contributed by atoms with van der Waals surface area (Å²) in [6.45, 7) is 0. The second kappa shape index (κ2) is 3.66. The number of nitrogens with one attached hydrogen (secondary N) is 1. The van der Waals surface area contributed by atoms with Gasteiger partial charge in [-0.3, -0.25) is 0 Å². The van der Waals surface area contributed by atoms with Crippen molar-refractivity contribution < 1.29 is 33.2 Å². The van der Waals surface area contributed by atoms with Gasteiger partial charge >= 0.3 is 84.5 Å². The van der Waals surface area contributed by atoms with E-state index in [1.165, 1.54) is 0 Å². The monoisotopic (exact) mass is 241 g/mol. The number of carbonyl (C=O) groups excluding carboxylic acids is 1. The van der Waals surface area contributed by atoms with Gasteiger partial charge < -0.3 is 0 Å².